The van der Waals surface area contributed by atoms with Gasteiger partial charge in [-0.15, -0.1) is 0 Å². The number of nitrogens with zero attached hydrogens (tertiary/aromatic N) is 2. The van der Waals surface area contributed by atoms with Crippen LogP contribution in [0.3, 0.4) is 0 Å². The minimum atomic E-state index is -0.626. The molecular weight excluding hydrogens is 360 g/mol. The normalized spacial score (nSPS) is 10.6. The number of amides is 1. The monoisotopic (exact) mass is 382 g/mol. The SMILES string of the molecule is COCCOc1cc(C(=O)N(O)CCOc2ccccc2)nc2ccccc12. The Morgan fingerprint density at radius 2 is 1.75 bits per heavy atom. The van der Waals surface area contributed by atoms with E-state index in [4.69, 9.17) is 14.2 Å². The number of aromatic nitrogens is 1. The van der Waals surface area contributed by atoms with Crippen LogP contribution in [-0.2, 0) is 4.74 Å². The number of fused-ring (bicyclic) bond motifs is 1. The average molecular weight is 382 g/mol. The molecule has 0 atom stereocenters. The van der Waals surface area contributed by atoms with Gasteiger partial charge in [-0.25, -0.2) is 10.0 Å². The predicted molar refractivity (Wildman–Crippen MR) is 104 cm³/mol. The molecule has 0 saturated heterocycles. The van der Waals surface area contributed by atoms with Gasteiger partial charge in [-0.2, -0.15) is 0 Å². The van der Waals surface area contributed by atoms with E-state index in [2.05, 4.69) is 4.98 Å². The number of benzene rings is 2. The smallest absolute Gasteiger partial charge is 0.296 e. The summed E-state index contributed by atoms with van der Waals surface area (Å²) in [7, 11) is 1.59. The lowest BCUT2D eigenvalue weighted by Gasteiger charge is -2.16. The van der Waals surface area contributed by atoms with Gasteiger partial charge < -0.3 is 14.2 Å². The van der Waals surface area contributed by atoms with Crippen molar-refractivity contribution in [2.24, 2.45) is 0 Å². The Kier molecular flexibility index (Phi) is 6.78. The molecule has 1 aromatic heterocycles. The molecule has 3 aromatic rings. The third-order valence-electron chi connectivity index (χ3n) is 3.99. The number of rotatable bonds is 9. The molecule has 28 heavy (non-hydrogen) atoms. The average Bonchev–Trinajstić information content (AvgIpc) is 2.74. The van der Waals surface area contributed by atoms with E-state index in [1.807, 2.05) is 36.4 Å². The van der Waals surface area contributed by atoms with E-state index in [1.54, 1.807) is 25.3 Å². The van der Waals surface area contributed by atoms with Crippen molar-refractivity contribution in [2.75, 3.05) is 33.5 Å². The van der Waals surface area contributed by atoms with Crippen LogP contribution in [0.1, 0.15) is 10.5 Å². The molecule has 0 saturated carbocycles. The van der Waals surface area contributed by atoms with Gasteiger partial charge in [-0.1, -0.05) is 30.3 Å². The highest BCUT2D eigenvalue weighted by Gasteiger charge is 2.18. The van der Waals surface area contributed by atoms with Crippen molar-refractivity contribution < 1.29 is 24.2 Å². The predicted octanol–water partition coefficient (Wildman–Crippen LogP) is 3.17. The lowest BCUT2D eigenvalue weighted by molar-refractivity contribution is -0.0640. The van der Waals surface area contributed by atoms with Crippen molar-refractivity contribution in [1.82, 2.24) is 10.0 Å². The third kappa shape index (κ3) is 4.97. The van der Waals surface area contributed by atoms with Gasteiger partial charge in [0.1, 0.15) is 30.4 Å². The van der Waals surface area contributed by atoms with Crippen molar-refractivity contribution in [3.63, 3.8) is 0 Å². The number of hydrogen-bond donors (Lipinski definition) is 1. The van der Waals surface area contributed by atoms with Crippen LogP contribution in [0.2, 0.25) is 0 Å². The topological polar surface area (TPSA) is 81.1 Å². The highest BCUT2D eigenvalue weighted by atomic mass is 16.5. The first-order valence-corrected chi connectivity index (χ1v) is 8.89. The van der Waals surface area contributed by atoms with Crippen molar-refractivity contribution in [1.29, 1.82) is 0 Å². The lowest BCUT2D eigenvalue weighted by Crippen LogP contribution is -2.32. The van der Waals surface area contributed by atoms with Crippen molar-refractivity contribution in [3.05, 3.63) is 66.4 Å². The zero-order valence-corrected chi connectivity index (χ0v) is 15.6. The lowest BCUT2D eigenvalue weighted by atomic mass is 10.1. The summed E-state index contributed by atoms with van der Waals surface area (Å²) in [6.07, 6.45) is 0. The molecule has 3 rings (SSSR count). The van der Waals surface area contributed by atoms with E-state index in [9.17, 15) is 10.0 Å². The Morgan fingerprint density at radius 3 is 2.54 bits per heavy atom. The molecule has 146 valence electrons. The summed E-state index contributed by atoms with van der Waals surface area (Å²) in [4.78, 5) is 16.9. The van der Waals surface area contributed by atoms with Gasteiger partial charge in [-0.3, -0.25) is 10.0 Å². The second-order valence-electron chi connectivity index (χ2n) is 5.95. The standard InChI is InChI=1S/C21H22N2O5/c1-26-13-14-28-20-15-19(22-18-10-6-5-9-17(18)20)21(24)23(25)11-12-27-16-7-3-2-4-8-16/h2-10,15,25H,11-14H2,1H3. The summed E-state index contributed by atoms with van der Waals surface area (Å²) in [6.45, 7) is 0.911. The second-order valence-corrected chi connectivity index (χ2v) is 5.95. The Labute approximate surface area is 163 Å². The largest absolute Gasteiger partial charge is 0.492 e. The van der Waals surface area contributed by atoms with Crippen molar-refractivity contribution in [3.8, 4) is 11.5 Å². The van der Waals surface area contributed by atoms with Crippen LogP contribution in [-0.4, -0.2) is 54.6 Å². The molecule has 1 N–H and O–H groups in total. The van der Waals surface area contributed by atoms with Gasteiger partial charge in [0.2, 0.25) is 0 Å². The molecule has 0 aliphatic heterocycles. The quantitative estimate of drug-likeness (QED) is 0.348. The van der Waals surface area contributed by atoms with E-state index < -0.39 is 5.91 Å². The van der Waals surface area contributed by atoms with Crippen molar-refractivity contribution >= 4 is 16.8 Å². The van der Waals surface area contributed by atoms with Crippen molar-refractivity contribution in [2.45, 2.75) is 0 Å². The summed E-state index contributed by atoms with van der Waals surface area (Å²) in [5.41, 5.74) is 0.697. The highest BCUT2D eigenvalue weighted by molar-refractivity contribution is 5.96. The van der Waals surface area contributed by atoms with Crippen LogP contribution in [0.4, 0.5) is 0 Å². The van der Waals surface area contributed by atoms with Crippen LogP contribution in [0.5, 0.6) is 11.5 Å². The molecule has 0 aliphatic rings. The summed E-state index contributed by atoms with van der Waals surface area (Å²) < 4.78 is 16.2. The molecule has 2 aromatic carbocycles. The first kappa shape index (κ1) is 19.6. The maximum Gasteiger partial charge on any atom is 0.296 e. The molecule has 0 aliphatic carbocycles. The van der Waals surface area contributed by atoms with Crippen LogP contribution in [0.15, 0.2) is 60.7 Å². The number of para-hydroxylation sites is 2. The highest BCUT2D eigenvalue weighted by Crippen LogP contribution is 2.26. The van der Waals surface area contributed by atoms with Gasteiger partial charge >= 0.3 is 0 Å². The molecule has 7 heteroatoms. The number of pyridine rings is 1. The molecule has 0 bridgehead atoms. The van der Waals surface area contributed by atoms with E-state index in [0.717, 1.165) is 5.39 Å². The van der Waals surface area contributed by atoms with Gasteiger partial charge in [-0.05, 0) is 24.3 Å². The van der Waals surface area contributed by atoms with Crippen LogP contribution in [0, 0.1) is 0 Å². The van der Waals surface area contributed by atoms with Gasteiger partial charge in [0.25, 0.3) is 5.91 Å². The third-order valence-corrected chi connectivity index (χ3v) is 3.99. The van der Waals surface area contributed by atoms with Gasteiger partial charge in [0.15, 0.2) is 0 Å². The van der Waals surface area contributed by atoms with Crippen LogP contribution >= 0.6 is 0 Å². The van der Waals surface area contributed by atoms with E-state index in [1.165, 1.54) is 6.07 Å². The molecular formula is C21H22N2O5. The molecule has 0 spiro atoms. The number of methoxy groups -OCH3 is 1. The molecule has 1 amide bonds. The Hall–Kier alpha value is -3.16. The number of hydroxylamine groups is 2. The Balaban J connectivity index is 1.71. The minimum Gasteiger partial charge on any atom is -0.492 e. The number of hydrogen-bond acceptors (Lipinski definition) is 6. The maximum atomic E-state index is 12.6. The van der Waals surface area contributed by atoms with Gasteiger partial charge in [0, 0.05) is 18.6 Å². The molecule has 0 radical (unpaired) electrons. The fraction of sp³-hybridized carbons (Fsp3) is 0.238. The van der Waals surface area contributed by atoms with Gasteiger partial charge in [0.05, 0.1) is 18.7 Å². The van der Waals surface area contributed by atoms with Crippen LogP contribution < -0.4 is 9.47 Å². The van der Waals surface area contributed by atoms with E-state index in [0.29, 0.717) is 35.3 Å². The number of carbonyl (C=O) groups excluding carboxylic acids is 1. The summed E-state index contributed by atoms with van der Waals surface area (Å²) in [6, 6.07) is 18.1. The molecule has 0 unspecified atom stereocenters. The maximum absolute atomic E-state index is 12.6. The minimum absolute atomic E-state index is 0.00208. The van der Waals surface area contributed by atoms with E-state index >= 15 is 0 Å². The zero-order valence-electron chi connectivity index (χ0n) is 15.6. The summed E-state index contributed by atoms with van der Waals surface area (Å²) in [5.74, 6) is 0.556. The fourth-order valence-corrected chi connectivity index (χ4v) is 2.61. The Bertz CT molecular complexity index is 917. The zero-order chi connectivity index (χ0) is 19.8. The number of ether oxygens (including phenoxy) is 3. The first-order valence-electron chi connectivity index (χ1n) is 8.89. The number of carbonyl (C=O) groups is 1. The fourth-order valence-electron chi connectivity index (χ4n) is 2.61. The molecule has 1 heterocycles. The second kappa shape index (κ2) is 9.68. The Morgan fingerprint density at radius 1 is 1.00 bits per heavy atom. The summed E-state index contributed by atoms with van der Waals surface area (Å²) >= 11 is 0. The first-order chi connectivity index (χ1) is 13.7. The summed E-state index contributed by atoms with van der Waals surface area (Å²) in [5, 5.41) is 11.5. The van der Waals surface area contributed by atoms with Crippen LogP contribution in [0.25, 0.3) is 10.9 Å². The van der Waals surface area contributed by atoms with E-state index in [-0.39, 0.29) is 18.8 Å². The molecule has 0 fully saturated rings. The molecule has 7 nitrogen and oxygen atoms in total.